The Morgan fingerprint density at radius 2 is 2.15 bits per heavy atom. The van der Waals surface area contributed by atoms with Crippen molar-refractivity contribution in [3.05, 3.63) is 69.5 Å². The zero-order chi connectivity index (χ0) is 19.2. The van der Waals surface area contributed by atoms with Crippen molar-refractivity contribution in [1.29, 1.82) is 0 Å². The molecule has 140 valence electrons. The lowest BCUT2D eigenvalue weighted by Gasteiger charge is -2.21. The van der Waals surface area contributed by atoms with Gasteiger partial charge in [0, 0.05) is 22.8 Å². The number of carbonyl (C=O) groups excluding carboxylic acids is 1. The van der Waals surface area contributed by atoms with Crippen LogP contribution in [0.2, 0.25) is 4.34 Å². The van der Waals surface area contributed by atoms with Crippen LogP contribution in [0.25, 0.3) is 10.2 Å². The Labute approximate surface area is 166 Å². The van der Waals surface area contributed by atoms with E-state index in [0.29, 0.717) is 16.5 Å². The number of H-pyrrole nitrogens is 1. The third-order valence-corrected chi connectivity index (χ3v) is 7.41. The number of aromatic nitrogens is 1. The topological polar surface area (TPSA) is 79.0 Å². The SMILES string of the molecule is C=CS(=O)(=O)C[C@@H]1c2ccccc2C[C@H]1NC(=O)c1cc2cc(Cl)sc2[nH]1. The minimum atomic E-state index is -3.40. The van der Waals surface area contributed by atoms with Crippen molar-refractivity contribution < 1.29 is 13.2 Å². The van der Waals surface area contributed by atoms with Crippen LogP contribution < -0.4 is 5.32 Å². The minimum Gasteiger partial charge on any atom is -0.347 e. The molecule has 0 aliphatic heterocycles. The Morgan fingerprint density at radius 1 is 1.37 bits per heavy atom. The van der Waals surface area contributed by atoms with Gasteiger partial charge in [0.15, 0.2) is 9.84 Å². The lowest BCUT2D eigenvalue weighted by molar-refractivity contribution is 0.0930. The molecule has 0 bridgehead atoms. The first-order chi connectivity index (χ1) is 12.9. The van der Waals surface area contributed by atoms with Crippen LogP contribution in [0, 0.1) is 0 Å². The normalized spacial score (nSPS) is 19.1. The van der Waals surface area contributed by atoms with Gasteiger partial charge in [-0.2, -0.15) is 0 Å². The number of benzene rings is 1. The minimum absolute atomic E-state index is 0.0755. The number of halogens is 1. The predicted octanol–water partition coefficient (Wildman–Crippen LogP) is 3.88. The van der Waals surface area contributed by atoms with E-state index in [1.165, 1.54) is 11.3 Å². The molecule has 4 rings (SSSR count). The highest BCUT2D eigenvalue weighted by Crippen LogP contribution is 2.35. The molecule has 2 aromatic heterocycles. The molecule has 0 spiro atoms. The molecule has 8 heteroatoms. The average molecular weight is 421 g/mol. The Kier molecular flexibility index (Phi) is 4.61. The van der Waals surface area contributed by atoms with Crippen molar-refractivity contribution in [3.63, 3.8) is 0 Å². The van der Waals surface area contributed by atoms with Crippen molar-refractivity contribution >= 4 is 48.9 Å². The number of amides is 1. The summed E-state index contributed by atoms with van der Waals surface area (Å²) >= 11 is 7.35. The van der Waals surface area contributed by atoms with Gasteiger partial charge in [-0.25, -0.2) is 8.42 Å². The number of sulfone groups is 1. The second-order valence-electron chi connectivity index (χ2n) is 6.60. The van der Waals surface area contributed by atoms with E-state index in [1.807, 2.05) is 24.3 Å². The predicted molar refractivity (Wildman–Crippen MR) is 109 cm³/mol. The molecule has 0 radical (unpaired) electrons. The summed E-state index contributed by atoms with van der Waals surface area (Å²) in [5, 5.41) is 4.87. The van der Waals surface area contributed by atoms with Crippen LogP contribution in [0.5, 0.6) is 0 Å². The number of aromatic amines is 1. The number of hydrogen-bond donors (Lipinski definition) is 2. The number of nitrogens with one attached hydrogen (secondary N) is 2. The van der Waals surface area contributed by atoms with E-state index in [4.69, 9.17) is 11.6 Å². The largest absolute Gasteiger partial charge is 0.347 e. The highest BCUT2D eigenvalue weighted by molar-refractivity contribution is 7.94. The Morgan fingerprint density at radius 3 is 2.89 bits per heavy atom. The molecule has 27 heavy (non-hydrogen) atoms. The molecule has 0 saturated heterocycles. The molecule has 2 atom stereocenters. The molecule has 0 unspecified atom stereocenters. The van der Waals surface area contributed by atoms with Crippen LogP contribution in [0.1, 0.15) is 27.5 Å². The first-order valence-electron chi connectivity index (χ1n) is 8.38. The van der Waals surface area contributed by atoms with Gasteiger partial charge in [0.2, 0.25) is 0 Å². The van der Waals surface area contributed by atoms with Crippen LogP contribution >= 0.6 is 22.9 Å². The average Bonchev–Trinajstić information content (AvgIpc) is 3.26. The summed E-state index contributed by atoms with van der Waals surface area (Å²) in [7, 11) is -3.40. The first kappa shape index (κ1) is 18.3. The maximum atomic E-state index is 12.7. The van der Waals surface area contributed by atoms with Crippen molar-refractivity contribution in [2.45, 2.75) is 18.4 Å². The maximum absolute atomic E-state index is 12.7. The summed E-state index contributed by atoms with van der Waals surface area (Å²) in [4.78, 5) is 16.7. The van der Waals surface area contributed by atoms with Crippen molar-refractivity contribution in [2.24, 2.45) is 0 Å². The summed E-state index contributed by atoms with van der Waals surface area (Å²) in [6.07, 6.45) is 0.597. The maximum Gasteiger partial charge on any atom is 0.268 e. The van der Waals surface area contributed by atoms with Gasteiger partial charge in [-0.3, -0.25) is 4.79 Å². The van der Waals surface area contributed by atoms with E-state index < -0.39 is 9.84 Å². The fraction of sp³-hybridized carbons (Fsp3) is 0.211. The van der Waals surface area contributed by atoms with E-state index in [1.54, 1.807) is 12.1 Å². The van der Waals surface area contributed by atoms with E-state index in [9.17, 15) is 13.2 Å². The van der Waals surface area contributed by atoms with Crippen LogP contribution in [-0.2, 0) is 16.3 Å². The van der Waals surface area contributed by atoms with Crippen LogP contribution in [0.3, 0.4) is 0 Å². The summed E-state index contributed by atoms with van der Waals surface area (Å²) in [6.45, 7) is 3.40. The summed E-state index contributed by atoms with van der Waals surface area (Å²) < 4.78 is 24.9. The molecule has 2 heterocycles. The molecule has 0 saturated carbocycles. The molecule has 1 aliphatic rings. The molecule has 2 N–H and O–H groups in total. The van der Waals surface area contributed by atoms with Crippen LogP contribution in [0.15, 0.2) is 48.4 Å². The van der Waals surface area contributed by atoms with Gasteiger partial charge in [0.25, 0.3) is 5.91 Å². The van der Waals surface area contributed by atoms with Gasteiger partial charge in [-0.1, -0.05) is 42.4 Å². The van der Waals surface area contributed by atoms with E-state index in [2.05, 4.69) is 16.9 Å². The first-order valence-corrected chi connectivity index (χ1v) is 11.3. The van der Waals surface area contributed by atoms with Gasteiger partial charge in [-0.05, 0) is 29.7 Å². The fourth-order valence-electron chi connectivity index (χ4n) is 3.61. The molecule has 5 nitrogen and oxygen atoms in total. The zero-order valence-electron chi connectivity index (χ0n) is 14.2. The summed E-state index contributed by atoms with van der Waals surface area (Å²) in [6, 6.07) is 11.0. The molecule has 1 aliphatic carbocycles. The standard InChI is InChI=1S/C19H17ClN2O3S2/c1-2-27(24,25)10-14-13-6-4-3-5-11(13)7-15(14)21-18(23)16-8-12-9-17(20)26-19(12)22-16/h2-6,8-9,14-15,22H,1,7,10H2,(H,21,23)/t14-,15-/m1/s1. The van der Waals surface area contributed by atoms with Crippen LogP contribution in [0.4, 0.5) is 0 Å². The quantitative estimate of drug-likeness (QED) is 0.657. The Bertz CT molecular complexity index is 1120. The van der Waals surface area contributed by atoms with E-state index in [-0.39, 0.29) is 23.6 Å². The van der Waals surface area contributed by atoms with Gasteiger partial charge >= 0.3 is 0 Å². The van der Waals surface area contributed by atoms with Gasteiger partial charge in [0.1, 0.15) is 10.5 Å². The highest BCUT2D eigenvalue weighted by atomic mass is 35.5. The smallest absolute Gasteiger partial charge is 0.268 e. The third kappa shape index (κ3) is 3.54. The molecule has 1 amide bonds. The molecular weight excluding hydrogens is 404 g/mol. The number of hydrogen-bond acceptors (Lipinski definition) is 4. The number of carbonyl (C=O) groups is 1. The molecular formula is C19H17ClN2O3S2. The van der Waals surface area contributed by atoms with E-state index in [0.717, 1.165) is 26.8 Å². The van der Waals surface area contributed by atoms with Crippen molar-refractivity contribution in [1.82, 2.24) is 10.3 Å². The van der Waals surface area contributed by atoms with Gasteiger partial charge < -0.3 is 10.3 Å². The fourth-order valence-corrected chi connectivity index (χ4v) is 5.79. The second kappa shape index (κ2) is 6.82. The van der Waals surface area contributed by atoms with Crippen molar-refractivity contribution in [3.8, 4) is 0 Å². The second-order valence-corrected chi connectivity index (χ2v) is 10.3. The van der Waals surface area contributed by atoms with Gasteiger partial charge in [-0.15, -0.1) is 11.3 Å². The Hall–Kier alpha value is -2.09. The monoisotopic (exact) mass is 420 g/mol. The van der Waals surface area contributed by atoms with E-state index >= 15 is 0 Å². The Balaban J connectivity index is 1.60. The molecule has 0 fully saturated rings. The molecule has 1 aromatic carbocycles. The lowest BCUT2D eigenvalue weighted by Crippen LogP contribution is -2.39. The zero-order valence-corrected chi connectivity index (χ0v) is 16.6. The molecule has 3 aromatic rings. The lowest BCUT2D eigenvalue weighted by atomic mass is 10.0. The summed E-state index contributed by atoms with van der Waals surface area (Å²) in [5.41, 5.74) is 2.47. The number of fused-ring (bicyclic) bond motifs is 2. The third-order valence-electron chi connectivity index (χ3n) is 4.89. The highest BCUT2D eigenvalue weighted by Gasteiger charge is 2.36. The summed E-state index contributed by atoms with van der Waals surface area (Å²) in [5.74, 6) is -0.638. The van der Waals surface area contributed by atoms with Crippen LogP contribution in [-0.4, -0.2) is 31.1 Å². The number of rotatable bonds is 5. The van der Waals surface area contributed by atoms with Crippen molar-refractivity contribution in [2.75, 3.05) is 5.75 Å². The number of thiophene rings is 1. The van der Waals surface area contributed by atoms with Gasteiger partial charge in [0.05, 0.1) is 10.1 Å².